The van der Waals surface area contributed by atoms with E-state index in [4.69, 9.17) is 31.5 Å². The van der Waals surface area contributed by atoms with Gasteiger partial charge in [0, 0.05) is 28.4 Å². The number of Topliss-reactive ketones (excluding diaryl/α,β-unsaturated/α-hetero) is 1. The normalized spacial score (nSPS) is 12.8. The fourth-order valence-corrected chi connectivity index (χ4v) is 4.95. The lowest BCUT2D eigenvalue weighted by atomic mass is 9.89. The molecular formula is C34H28ClN5O7. The monoisotopic (exact) mass is 653 g/mol. The number of halogens is 1. The molecule has 0 unspecified atom stereocenters. The van der Waals surface area contributed by atoms with Gasteiger partial charge < -0.3 is 30.6 Å². The standard InChI is InChI=1S/C34H28ClN5O7/c1-45-27-13-10-20(33(43)37-21-11-8-18(9-12-21)32(36)42)15-26(27)39-40-30-22-7-5-4-6-19(22)14-23(31(30)41)34(44)38-25-16-24(35)28(46-2)17-29(25)47-3/h4-17,39H,1-3H3,(H2,36,42)(H,37,43)(H,38,44). The van der Waals surface area contributed by atoms with E-state index in [1.165, 1.54) is 57.7 Å². The number of rotatable bonds is 10. The van der Waals surface area contributed by atoms with Gasteiger partial charge in [0.05, 0.1) is 43.3 Å². The van der Waals surface area contributed by atoms with Crippen molar-refractivity contribution in [1.82, 2.24) is 0 Å². The number of carbonyl (C=O) groups excluding carboxylic acids is 4. The van der Waals surface area contributed by atoms with Crippen LogP contribution in [0, 0.1) is 0 Å². The van der Waals surface area contributed by atoms with Gasteiger partial charge in [0.1, 0.15) is 23.0 Å². The van der Waals surface area contributed by atoms with E-state index in [0.29, 0.717) is 33.9 Å². The number of hydrogen-bond donors (Lipinski definition) is 4. The van der Waals surface area contributed by atoms with Crippen LogP contribution in [0.2, 0.25) is 5.02 Å². The third-order valence-corrected chi connectivity index (χ3v) is 7.41. The van der Waals surface area contributed by atoms with Crippen LogP contribution in [-0.4, -0.2) is 50.5 Å². The van der Waals surface area contributed by atoms with Gasteiger partial charge in [-0.3, -0.25) is 24.6 Å². The molecule has 0 saturated carbocycles. The predicted molar refractivity (Wildman–Crippen MR) is 179 cm³/mol. The van der Waals surface area contributed by atoms with E-state index < -0.39 is 23.5 Å². The summed E-state index contributed by atoms with van der Waals surface area (Å²) >= 11 is 6.27. The first-order valence-electron chi connectivity index (χ1n) is 13.9. The molecule has 0 fully saturated rings. The van der Waals surface area contributed by atoms with Crippen molar-refractivity contribution < 1.29 is 33.4 Å². The number of hydrazone groups is 1. The smallest absolute Gasteiger partial charge is 0.259 e. The number of benzene rings is 4. The summed E-state index contributed by atoms with van der Waals surface area (Å²) in [5, 5.41) is 10.1. The van der Waals surface area contributed by atoms with Gasteiger partial charge in [0.2, 0.25) is 11.7 Å². The highest BCUT2D eigenvalue weighted by molar-refractivity contribution is 6.59. The highest BCUT2D eigenvalue weighted by Crippen LogP contribution is 2.36. The molecule has 13 heteroatoms. The Kier molecular flexibility index (Phi) is 9.52. The molecule has 4 aromatic carbocycles. The van der Waals surface area contributed by atoms with Crippen molar-refractivity contribution in [2.45, 2.75) is 0 Å². The summed E-state index contributed by atoms with van der Waals surface area (Å²) in [5.41, 5.74) is 10.5. The third kappa shape index (κ3) is 6.92. The minimum atomic E-state index is -0.711. The molecule has 0 aliphatic heterocycles. The predicted octanol–water partition coefficient (Wildman–Crippen LogP) is 5.14. The topological polar surface area (TPSA) is 170 Å². The Bertz CT molecular complexity index is 1970. The highest BCUT2D eigenvalue weighted by Gasteiger charge is 2.31. The van der Waals surface area contributed by atoms with Crippen LogP contribution in [-0.2, 0) is 9.59 Å². The maximum Gasteiger partial charge on any atom is 0.259 e. The Morgan fingerprint density at radius 1 is 0.745 bits per heavy atom. The molecule has 12 nitrogen and oxygen atoms in total. The summed E-state index contributed by atoms with van der Waals surface area (Å²) in [5.74, 6) is -1.44. The van der Waals surface area contributed by atoms with Crippen molar-refractivity contribution in [2.75, 3.05) is 37.4 Å². The molecule has 0 radical (unpaired) electrons. The first-order chi connectivity index (χ1) is 22.6. The van der Waals surface area contributed by atoms with Crippen LogP contribution in [0.3, 0.4) is 0 Å². The molecule has 5 rings (SSSR count). The van der Waals surface area contributed by atoms with Crippen molar-refractivity contribution in [2.24, 2.45) is 10.8 Å². The summed E-state index contributed by atoms with van der Waals surface area (Å²) in [6.07, 6.45) is 1.48. The summed E-state index contributed by atoms with van der Waals surface area (Å²) < 4.78 is 16.0. The molecule has 238 valence electrons. The van der Waals surface area contributed by atoms with E-state index in [1.54, 1.807) is 48.5 Å². The molecule has 47 heavy (non-hydrogen) atoms. The minimum Gasteiger partial charge on any atom is -0.495 e. The molecule has 1 aliphatic carbocycles. The zero-order chi connectivity index (χ0) is 33.7. The zero-order valence-electron chi connectivity index (χ0n) is 25.3. The molecule has 5 N–H and O–H groups in total. The molecule has 4 aromatic rings. The van der Waals surface area contributed by atoms with Crippen LogP contribution < -0.4 is 36.0 Å². The molecule has 0 bridgehead atoms. The molecule has 0 atom stereocenters. The second kappa shape index (κ2) is 13.9. The van der Waals surface area contributed by atoms with Crippen molar-refractivity contribution in [3.8, 4) is 17.2 Å². The van der Waals surface area contributed by atoms with Gasteiger partial charge in [-0.05, 0) is 60.2 Å². The van der Waals surface area contributed by atoms with Gasteiger partial charge in [0.15, 0.2) is 0 Å². The molecule has 0 heterocycles. The van der Waals surface area contributed by atoms with Crippen LogP contribution >= 0.6 is 11.6 Å². The minimum absolute atomic E-state index is 0.0422. The summed E-state index contributed by atoms with van der Waals surface area (Å²) in [4.78, 5) is 51.6. The van der Waals surface area contributed by atoms with Gasteiger partial charge in [-0.2, -0.15) is 5.10 Å². The van der Waals surface area contributed by atoms with Crippen molar-refractivity contribution in [3.63, 3.8) is 0 Å². The SMILES string of the molecule is COc1cc(OC)c(NC(=O)C2=Cc3ccccc3C(=NNc3cc(C(=O)Nc4ccc(C(N)=O)cc4)ccc3OC)C2=O)cc1Cl. The van der Waals surface area contributed by atoms with E-state index in [9.17, 15) is 19.2 Å². The fourth-order valence-electron chi connectivity index (χ4n) is 4.71. The van der Waals surface area contributed by atoms with Gasteiger partial charge in [-0.1, -0.05) is 35.9 Å². The number of nitrogens with two attached hydrogens (primary N) is 1. The van der Waals surface area contributed by atoms with Gasteiger partial charge in [0.25, 0.3) is 11.8 Å². The van der Waals surface area contributed by atoms with E-state index in [-0.39, 0.29) is 39.0 Å². The highest BCUT2D eigenvalue weighted by atomic mass is 35.5. The molecule has 0 aromatic heterocycles. The Labute approximate surface area is 274 Å². The van der Waals surface area contributed by atoms with Crippen molar-refractivity contribution in [3.05, 3.63) is 112 Å². The summed E-state index contributed by atoms with van der Waals surface area (Å²) in [6, 6.07) is 20.7. The van der Waals surface area contributed by atoms with E-state index in [0.717, 1.165) is 0 Å². The largest absolute Gasteiger partial charge is 0.495 e. The van der Waals surface area contributed by atoms with Gasteiger partial charge in [-0.15, -0.1) is 0 Å². The maximum absolute atomic E-state index is 13.8. The number of amides is 3. The second-order valence-corrected chi connectivity index (χ2v) is 10.4. The number of nitrogens with one attached hydrogen (secondary N) is 3. The maximum atomic E-state index is 13.8. The number of ketones is 1. The Morgan fingerprint density at radius 2 is 1.43 bits per heavy atom. The van der Waals surface area contributed by atoms with Crippen LogP contribution in [0.15, 0.2) is 89.5 Å². The average Bonchev–Trinajstić information content (AvgIpc) is 3.07. The van der Waals surface area contributed by atoms with Crippen LogP contribution in [0.4, 0.5) is 17.1 Å². The summed E-state index contributed by atoms with van der Waals surface area (Å²) in [6.45, 7) is 0. The van der Waals surface area contributed by atoms with Gasteiger partial charge >= 0.3 is 0 Å². The molecule has 3 amide bonds. The fraction of sp³-hybridized carbons (Fsp3) is 0.0882. The number of nitrogens with zero attached hydrogens (tertiary/aromatic N) is 1. The Balaban J connectivity index is 1.42. The number of methoxy groups -OCH3 is 3. The second-order valence-electron chi connectivity index (χ2n) is 10.00. The molecule has 0 spiro atoms. The van der Waals surface area contributed by atoms with E-state index >= 15 is 0 Å². The Morgan fingerprint density at radius 3 is 2.11 bits per heavy atom. The first-order valence-corrected chi connectivity index (χ1v) is 14.3. The van der Waals surface area contributed by atoms with E-state index in [2.05, 4.69) is 21.2 Å². The lowest BCUT2D eigenvalue weighted by Crippen LogP contribution is -2.30. The van der Waals surface area contributed by atoms with Gasteiger partial charge in [-0.25, -0.2) is 0 Å². The zero-order valence-corrected chi connectivity index (χ0v) is 26.1. The lowest BCUT2D eigenvalue weighted by Gasteiger charge is -2.19. The number of anilines is 3. The van der Waals surface area contributed by atoms with Crippen molar-refractivity contribution >= 4 is 64.0 Å². The quantitative estimate of drug-likeness (QED) is 0.135. The summed E-state index contributed by atoms with van der Waals surface area (Å²) in [7, 11) is 4.32. The number of primary amides is 1. The molecule has 0 saturated heterocycles. The number of fused-ring (bicyclic) bond motifs is 1. The first kappa shape index (κ1) is 32.3. The number of hydrogen-bond acceptors (Lipinski definition) is 9. The lowest BCUT2D eigenvalue weighted by molar-refractivity contribution is -0.116. The van der Waals surface area contributed by atoms with Crippen LogP contribution in [0.1, 0.15) is 31.8 Å². The molecular weight excluding hydrogens is 626 g/mol. The van der Waals surface area contributed by atoms with Crippen LogP contribution in [0.5, 0.6) is 17.2 Å². The average molecular weight is 654 g/mol. The number of ether oxygens (including phenoxy) is 3. The van der Waals surface area contributed by atoms with Crippen molar-refractivity contribution in [1.29, 1.82) is 0 Å². The number of carbonyl (C=O) groups is 4. The molecule has 1 aliphatic rings. The Hall–Kier alpha value is -6.14. The van der Waals surface area contributed by atoms with Crippen LogP contribution in [0.25, 0.3) is 6.08 Å². The van der Waals surface area contributed by atoms with E-state index in [1.807, 2.05) is 0 Å². The third-order valence-electron chi connectivity index (χ3n) is 7.12.